The van der Waals surface area contributed by atoms with Crippen molar-refractivity contribution in [3.05, 3.63) is 29.8 Å². The normalized spacial score (nSPS) is 13.1. The molecule has 1 aromatic carbocycles. The average molecular weight is 311 g/mol. The molecule has 0 heterocycles. The van der Waals surface area contributed by atoms with Crippen LogP contribution in [0.25, 0.3) is 0 Å². The van der Waals surface area contributed by atoms with Crippen molar-refractivity contribution >= 4 is 21.7 Å². The molecule has 0 aromatic heterocycles. The topological polar surface area (TPSA) is 83.5 Å². The molecule has 1 rings (SSSR count). The SMILES string of the molecule is CC(C)(C(=O)O)c1ccc(NS(=O)(=O)C(F)(F)F)cc1. The Morgan fingerprint density at radius 3 is 1.95 bits per heavy atom. The van der Waals surface area contributed by atoms with Crippen molar-refractivity contribution in [2.75, 3.05) is 4.72 Å². The first kappa shape index (κ1) is 16.3. The number of nitrogens with one attached hydrogen (secondary N) is 1. The molecule has 0 bridgehead atoms. The molecule has 5 nitrogen and oxygen atoms in total. The molecule has 9 heteroatoms. The number of sulfonamides is 1. The zero-order valence-corrected chi connectivity index (χ0v) is 11.3. The van der Waals surface area contributed by atoms with Crippen molar-refractivity contribution in [3.8, 4) is 0 Å². The molecule has 0 saturated heterocycles. The second-order valence-corrected chi connectivity index (χ2v) is 6.23. The molecule has 1 aromatic rings. The molecule has 0 radical (unpaired) electrons. The Balaban J connectivity index is 3.03. The summed E-state index contributed by atoms with van der Waals surface area (Å²) < 4.78 is 59.6. The number of halogens is 3. The van der Waals surface area contributed by atoms with Crippen molar-refractivity contribution in [2.45, 2.75) is 24.8 Å². The molecular weight excluding hydrogens is 299 g/mol. The van der Waals surface area contributed by atoms with E-state index in [0.29, 0.717) is 5.56 Å². The summed E-state index contributed by atoms with van der Waals surface area (Å²) in [4.78, 5) is 11.0. The first-order valence-electron chi connectivity index (χ1n) is 5.31. The van der Waals surface area contributed by atoms with Gasteiger partial charge < -0.3 is 5.11 Å². The van der Waals surface area contributed by atoms with E-state index in [1.165, 1.54) is 30.7 Å². The van der Waals surface area contributed by atoms with Crippen LogP contribution in [-0.2, 0) is 20.2 Å². The fraction of sp³-hybridized carbons (Fsp3) is 0.364. The Hall–Kier alpha value is -1.77. The lowest BCUT2D eigenvalue weighted by Crippen LogP contribution is -2.30. The fourth-order valence-electron chi connectivity index (χ4n) is 1.29. The molecule has 0 atom stereocenters. The van der Waals surface area contributed by atoms with Crippen LogP contribution in [-0.4, -0.2) is 25.0 Å². The third kappa shape index (κ3) is 3.21. The van der Waals surface area contributed by atoms with Gasteiger partial charge in [-0.1, -0.05) is 12.1 Å². The van der Waals surface area contributed by atoms with Crippen molar-refractivity contribution < 1.29 is 31.5 Å². The van der Waals surface area contributed by atoms with E-state index in [1.54, 1.807) is 0 Å². The van der Waals surface area contributed by atoms with E-state index in [4.69, 9.17) is 5.11 Å². The van der Waals surface area contributed by atoms with Gasteiger partial charge >= 0.3 is 21.5 Å². The second-order valence-electron chi connectivity index (χ2n) is 4.56. The predicted molar refractivity (Wildman–Crippen MR) is 65.7 cm³/mol. The Morgan fingerprint density at radius 2 is 1.60 bits per heavy atom. The van der Waals surface area contributed by atoms with Crippen molar-refractivity contribution in [3.63, 3.8) is 0 Å². The lowest BCUT2D eigenvalue weighted by molar-refractivity contribution is -0.142. The Labute approximate surface area is 113 Å². The van der Waals surface area contributed by atoms with E-state index >= 15 is 0 Å². The van der Waals surface area contributed by atoms with E-state index in [9.17, 15) is 26.4 Å². The van der Waals surface area contributed by atoms with Gasteiger partial charge in [0.05, 0.1) is 5.41 Å². The van der Waals surface area contributed by atoms with Crippen LogP contribution in [0.5, 0.6) is 0 Å². The van der Waals surface area contributed by atoms with Gasteiger partial charge in [-0.15, -0.1) is 0 Å². The van der Waals surface area contributed by atoms with Crippen LogP contribution in [0.3, 0.4) is 0 Å². The van der Waals surface area contributed by atoms with Crippen LogP contribution < -0.4 is 4.72 Å². The summed E-state index contributed by atoms with van der Waals surface area (Å²) in [7, 11) is -5.48. The Morgan fingerprint density at radius 1 is 1.15 bits per heavy atom. The van der Waals surface area contributed by atoms with Crippen molar-refractivity contribution in [2.24, 2.45) is 0 Å². The summed E-state index contributed by atoms with van der Waals surface area (Å²) in [5.74, 6) is -1.11. The maximum absolute atomic E-state index is 12.2. The number of alkyl halides is 3. The minimum atomic E-state index is -5.48. The summed E-state index contributed by atoms with van der Waals surface area (Å²) >= 11 is 0. The number of carboxylic acids is 1. The van der Waals surface area contributed by atoms with E-state index in [0.717, 1.165) is 12.1 Å². The highest BCUT2D eigenvalue weighted by Gasteiger charge is 2.46. The van der Waals surface area contributed by atoms with Gasteiger partial charge in [0.2, 0.25) is 0 Å². The highest BCUT2D eigenvalue weighted by Crippen LogP contribution is 2.28. The third-order valence-corrected chi connectivity index (χ3v) is 3.81. The van der Waals surface area contributed by atoms with Crippen LogP contribution in [0.15, 0.2) is 24.3 Å². The number of hydrogen-bond donors (Lipinski definition) is 2. The number of anilines is 1. The molecule has 0 aliphatic carbocycles. The van der Waals surface area contributed by atoms with Crippen LogP contribution in [0.2, 0.25) is 0 Å². The minimum absolute atomic E-state index is 0.299. The van der Waals surface area contributed by atoms with Crippen LogP contribution in [0.1, 0.15) is 19.4 Å². The standard InChI is InChI=1S/C11H12F3NO4S/c1-10(2,9(16)17)7-3-5-8(6-4-7)15-20(18,19)11(12,13)14/h3-6,15H,1-2H3,(H,16,17). The van der Waals surface area contributed by atoms with Crippen LogP contribution in [0.4, 0.5) is 18.9 Å². The fourth-order valence-corrected chi connectivity index (χ4v) is 1.85. The summed E-state index contributed by atoms with van der Waals surface area (Å²) in [6.45, 7) is 2.84. The van der Waals surface area contributed by atoms with Crippen LogP contribution >= 0.6 is 0 Å². The summed E-state index contributed by atoms with van der Waals surface area (Å²) in [6.07, 6.45) is 0. The first-order chi connectivity index (χ1) is 8.88. The Bertz CT molecular complexity index is 606. The zero-order valence-electron chi connectivity index (χ0n) is 10.5. The van der Waals surface area contributed by atoms with Gasteiger partial charge in [-0.2, -0.15) is 21.6 Å². The first-order valence-corrected chi connectivity index (χ1v) is 6.79. The predicted octanol–water partition coefficient (Wildman–Crippen LogP) is 2.31. The lowest BCUT2D eigenvalue weighted by atomic mass is 9.85. The smallest absolute Gasteiger partial charge is 0.481 e. The maximum atomic E-state index is 12.2. The molecule has 0 amide bonds. The Kier molecular flexibility index (Phi) is 4.04. The second kappa shape index (κ2) is 4.97. The molecule has 0 fully saturated rings. The van der Waals surface area contributed by atoms with Gasteiger partial charge in [0, 0.05) is 5.69 Å². The van der Waals surface area contributed by atoms with E-state index in [2.05, 4.69) is 0 Å². The third-order valence-electron chi connectivity index (χ3n) is 2.70. The van der Waals surface area contributed by atoms with Gasteiger partial charge in [0.15, 0.2) is 0 Å². The number of carbonyl (C=O) groups is 1. The summed E-state index contributed by atoms with van der Waals surface area (Å²) in [5.41, 5.74) is -6.61. The molecule has 20 heavy (non-hydrogen) atoms. The molecule has 0 aliphatic heterocycles. The molecule has 112 valence electrons. The number of hydrogen-bond acceptors (Lipinski definition) is 3. The number of rotatable bonds is 4. The molecule has 0 saturated carbocycles. The minimum Gasteiger partial charge on any atom is -0.481 e. The van der Waals surface area contributed by atoms with Gasteiger partial charge in [-0.05, 0) is 31.5 Å². The summed E-state index contributed by atoms with van der Waals surface area (Å²) in [6, 6.07) is 4.65. The lowest BCUT2D eigenvalue weighted by Gasteiger charge is -2.20. The highest BCUT2D eigenvalue weighted by atomic mass is 32.2. The zero-order chi connectivity index (χ0) is 15.8. The largest absolute Gasteiger partial charge is 0.516 e. The van der Waals surface area contributed by atoms with Gasteiger partial charge in [-0.3, -0.25) is 9.52 Å². The molecule has 2 N–H and O–H groups in total. The van der Waals surface area contributed by atoms with Gasteiger partial charge in [-0.25, -0.2) is 0 Å². The van der Waals surface area contributed by atoms with Gasteiger partial charge in [0.1, 0.15) is 0 Å². The monoisotopic (exact) mass is 311 g/mol. The highest BCUT2D eigenvalue weighted by molar-refractivity contribution is 7.93. The quantitative estimate of drug-likeness (QED) is 0.894. The molecular formula is C11H12F3NO4S. The number of aliphatic carboxylic acids is 1. The van der Waals surface area contributed by atoms with Crippen molar-refractivity contribution in [1.29, 1.82) is 0 Å². The van der Waals surface area contributed by atoms with E-state index < -0.39 is 26.9 Å². The number of carboxylic acid groups (broad SMARTS) is 1. The van der Waals surface area contributed by atoms with Crippen molar-refractivity contribution in [1.82, 2.24) is 0 Å². The average Bonchev–Trinajstić information content (AvgIpc) is 2.27. The number of benzene rings is 1. The molecule has 0 unspecified atom stereocenters. The van der Waals surface area contributed by atoms with E-state index in [-0.39, 0.29) is 5.69 Å². The summed E-state index contributed by atoms with van der Waals surface area (Å²) in [5, 5.41) is 9.00. The van der Waals surface area contributed by atoms with Gasteiger partial charge in [0.25, 0.3) is 0 Å². The molecule has 0 aliphatic rings. The molecule has 0 spiro atoms. The van der Waals surface area contributed by atoms with E-state index in [1.807, 2.05) is 0 Å². The van der Waals surface area contributed by atoms with Crippen LogP contribution in [0, 0.1) is 0 Å². The maximum Gasteiger partial charge on any atom is 0.516 e.